The Morgan fingerprint density at radius 3 is 2.15 bits per heavy atom. The van der Waals surface area contributed by atoms with E-state index in [1.807, 2.05) is 26.8 Å². The molecule has 0 atom stereocenters. The zero-order valence-corrected chi connectivity index (χ0v) is 16.1. The van der Waals surface area contributed by atoms with Crippen LogP contribution in [0.15, 0.2) is 18.5 Å². The highest BCUT2D eigenvalue weighted by Gasteiger charge is 2.21. The van der Waals surface area contributed by atoms with Crippen molar-refractivity contribution < 1.29 is 9.59 Å². The van der Waals surface area contributed by atoms with E-state index in [0.717, 1.165) is 16.1 Å². The Kier molecular flexibility index (Phi) is 4.64. The number of amides is 2. The molecular formula is C17H20N6O2S. The number of carbonyl (C=O) groups is 2. The number of thiophene rings is 1. The first-order valence-corrected chi connectivity index (χ1v) is 8.80. The van der Waals surface area contributed by atoms with E-state index >= 15 is 0 Å². The molecule has 2 amide bonds. The number of aryl methyl sites for hydroxylation is 4. The van der Waals surface area contributed by atoms with Crippen molar-refractivity contribution in [2.75, 3.05) is 10.6 Å². The van der Waals surface area contributed by atoms with Crippen molar-refractivity contribution in [2.24, 2.45) is 14.1 Å². The topological polar surface area (TPSA) is 93.8 Å². The van der Waals surface area contributed by atoms with Crippen LogP contribution in [0.5, 0.6) is 0 Å². The quantitative estimate of drug-likeness (QED) is 0.736. The van der Waals surface area contributed by atoms with E-state index in [1.54, 1.807) is 25.0 Å². The van der Waals surface area contributed by atoms with E-state index in [4.69, 9.17) is 0 Å². The average molecular weight is 372 g/mol. The molecule has 0 aliphatic carbocycles. The minimum atomic E-state index is -0.366. The Bertz CT molecular complexity index is 978. The minimum Gasteiger partial charge on any atom is -0.318 e. The predicted molar refractivity (Wildman–Crippen MR) is 101 cm³/mol. The summed E-state index contributed by atoms with van der Waals surface area (Å²) in [5, 5.41) is 13.8. The van der Waals surface area contributed by atoms with Crippen molar-refractivity contribution in [3.63, 3.8) is 0 Å². The standard InChI is InChI=1S/C17H20N6O2S/c1-9-6-14(26-11(9)3)16(24)21-13-8-19-23(5)15(13)17(25)20-12-7-18-22(4)10(12)2/h6-8H,1-5H3,(H,20,25)(H,21,24). The van der Waals surface area contributed by atoms with Crippen molar-refractivity contribution in [3.8, 4) is 0 Å². The van der Waals surface area contributed by atoms with Gasteiger partial charge >= 0.3 is 0 Å². The lowest BCUT2D eigenvalue weighted by Gasteiger charge is -2.08. The minimum absolute atomic E-state index is 0.259. The Labute approximate surface area is 154 Å². The van der Waals surface area contributed by atoms with Gasteiger partial charge in [-0.15, -0.1) is 11.3 Å². The van der Waals surface area contributed by atoms with Gasteiger partial charge in [0.1, 0.15) is 5.69 Å². The van der Waals surface area contributed by atoms with Gasteiger partial charge in [-0.2, -0.15) is 10.2 Å². The molecule has 26 heavy (non-hydrogen) atoms. The monoisotopic (exact) mass is 372 g/mol. The van der Waals surface area contributed by atoms with E-state index < -0.39 is 0 Å². The summed E-state index contributed by atoms with van der Waals surface area (Å²) in [6.45, 7) is 5.79. The summed E-state index contributed by atoms with van der Waals surface area (Å²) in [6.07, 6.45) is 3.05. The fraction of sp³-hybridized carbons (Fsp3) is 0.294. The van der Waals surface area contributed by atoms with Crippen molar-refractivity contribution in [2.45, 2.75) is 20.8 Å². The molecule has 0 aromatic carbocycles. The summed E-state index contributed by atoms with van der Waals surface area (Å²) < 4.78 is 3.10. The van der Waals surface area contributed by atoms with E-state index in [-0.39, 0.29) is 17.5 Å². The lowest BCUT2D eigenvalue weighted by molar-refractivity contribution is 0.101. The number of nitrogens with zero attached hydrogens (tertiary/aromatic N) is 4. The molecular weight excluding hydrogens is 352 g/mol. The molecule has 0 saturated heterocycles. The van der Waals surface area contributed by atoms with Gasteiger partial charge in [0, 0.05) is 19.0 Å². The van der Waals surface area contributed by atoms with Crippen LogP contribution in [0.3, 0.4) is 0 Å². The first-order chi connectivity index (χ1) is 12.3. The molecule has 0 unspecified atom stereocenters. The normalized spacial score (nSPS) is 10.8. The van der Waals surface area contributed by atoms with E-state index in [2.05, 4.69) is 20.8 Å². The predicted octanol–water partition coefficient (Wildman–Crippen LogP) is 2.64. The van der Waals surface area contributed by atoms with Crippen LogP contribution in [-0.2, 0) is 14.1 Å². The molecule has 3 rings (SSSR count). The second-order valence-corrected chi connectivity index (χ2v) is 7.31. The van der Waals surface area contributed by atoms with Gasteiger partial charge < -0.3 is 10.6 Å². The fourth-order valence-electron chi connectivity index (χ4n) is 2.47. The Morgan fingerprint density at radius 2 is 1.58 bits per heavy atom. The molecule has 0 aliphatic heterocycles. The number of hydrogen-bond acceptors (Lipinski definition) is 5. The number of rotatable bonds is 4. The Morgan fingerprint density at radius 1 is 0.962 bits per heavy atom. The van der Waals surface area contributed by atoms with Gasteiger partial charge in [0.05, 0.1) is 34.3 Å². The van der Waals surface area contributed by atoms with Gasteiger partial charge in [-0.3, -0.25) is 19.0 Å². The highest BCUT2D eigenvalue weighted by atomic mass is 32.1. The Balaban J connectivity index is 1.83. The summed E-state index contributed by atoms with van der Waals surface area (Å²) >= 11 is 1.42. The van der Waals surface area contributed by atoms with Crippen molar-refractivity contribution in [3.05, 3.63) is 45.2 Å². The molecule has 3 heterocycles. The van der Waals surface area contributed by atoms with Crippen LogP contribution in [-0.4, -0.2) is 31.4 Å². The highest BCUT2D eigenvalue weighted by Crippen LogP contribution is 2.23. The number of hydrogen-bond donors (Lipinski definition) is 2. The Hall–Kier alpha value is -2.94. The molecule has 2 N–H and O–H groups in total. The van der Waals surface area contributed by atoms with Gasteiger partial charge in [0.15, 0.2) is 0 Å². The molecule has 0 radical (unpaired) electrons. The first-order valence-electron chi connectivity index (χ1n) is 7.98. The SMILES string of the molecule is Cc1cc(C(=O)Nc2cnn(C)c2C(=O)Nc2cnn(C)c2C)sc1C. The van der Waals surface area contributed by atoms with Gasteiger partial charge in [0.25, 0.3) is 11.8 Å². The maximum absolute atomic E-state index is 12.7. The smallest absolute Gasteiger partial charge is 0.276 e. The fourth-order valence-corrected chi connectivity index (χ4v) is 3.40. The first kappa shape index (κ1) is 17.9. The molecule has 136 valence electrons. The van der Waals surface area contributed by atoms with Crippen LogP contribution in [0.1, 0.15) is 36.3 Å². The van der Waals surface area contributed by atoms with Gasteiger partial charge in [-0.05, 0) is 32.4 Å². The summed E-state index contributed by atoms with van der Waals surface area (Å²) in [5.41, 5.74) is 3.14. The maximum atomic E-state index is 12.7. The van der Waals surface area contributed by atoms with E-state index in [9.17, 15) is 9.59 Å². The number of carbonyl (C=O) groups excluding carboxylic acids is 2. The van der Waals surface area contributed by atoms with Crippen LogP contribution in [0.2, 0.25) is 0 Å². The summed E-state index contributed by atoms with van der Waals surface area (Å²) in [5.74, 6) is -0.624. The second kappa shape index (κ2) is 6.75. The lowest BCUT2D eigenvalue weighted by atomic mass is 10.2. The molecule has 0 fully saturated rings. The second-order valence-electron chi connectivity index (χ2n) is 6.06. The molecule has 0 spiro atoms. The molecule has 3 aromatic heterocycles. The average Bonchev–Trinajstić information content (AvgIpc) is 3.22. The molecule has 3 aromatic rings. The summed E-state index contributed by atoms with van der Waals surface area (Å²) in [4.78, 5) is 26.9. The number of aromatic nitrogens is 4. The third-order valence-corrected chi connectivity index (χ3v) is 5.43. The highest BCUT2D eigenvalue weighted by molar-refractivity contribution is 7.14. The maximum Gasteiger partial charge on any atom is 0.276 e. The van der Waals surface area contributed by atoms with Crippen molar-refractivity contribution >= 4 is 34.5 Å². The van der Waals surface area contributed by atoms with Gasteiger partial charge in [0.2, 0.25) is 0 Å². The zero-order chi connectivity index (χ0) is 19.0. The molecule has 9 heteroatoms. The zero-order valence-electron chi connectivity index (χ0n) is 15.2. The van der Waals surface area contributed by atoms with E-state index in [0.29, 0.717) is 16.3 Å². The van der Waals surface area contributed by atoms with Gasteiger partial charge in [-0.25, -0.2) is 0 Å². The van der Waals surface area contributed by atoms with Gasteiger partial charge in [-0.1, -0.05) is 0 Å². The molecule has 0 saturated carbocycles. The van der Waals surface area contributed by atoms with Crippen LogP contribution in [0, 0.1) is 20.8 Å². The third kappa shape index (κ3) is 3.25. The molecule has 0 bridgehead atoms. The summed E-state index contributed by atoms with van der Waals surface area (Å²) in [7, 11) is 3.45. The lowest BCUT2D eigenvalue weighted by Crippen LogP contribution is -2.20. The number of anilines is 2. The molecule has 8 nitrogen and oxygen atoms in total. The number of nitrogens with one attached hydrogen (secondary N) is 2. The van der Waals surface area contributed by atoms with Crippen LogP contribution >= 0.6 is 11.3 Å². The van der Waals surface area contributed by atoms with Crippen molar-refractivity contribution in [1.29, 1.82) is 0 Å². The summed E-state index contributed by atoms with van der Waals surface area (Å²) in [6, 6.07) is 1.84. The van der Waals surface area contributed by atoms with Crippen molar-refractivity contribution in [1.82, 2.24) is 19.6 Å². The largest absolute Gasteiger partial charge is 0.318 e. The van der Waals surface area contributed by atoms with Crippen LogP contribution in [0.4, 0.5) is 11.4 Å². The van der Waals surface area contributed by atoms with Crippen LogP contribution < -0.4 is 10.6 Å². The van der Waals surface area contributed by atoms with E-state index in [1.165, 1.54) is 22.2 Å². The molecule has 0 aliphatic rings. The van der Waals surface area contributed by atoms with Crippen LogP contribution in [0.25, 0.3) is 0 Å². The third-order valence-electron chi connectivity index (χ3n) is 4.28.